The van der Waals surface area contributed by atoms with Crippen molar-refractivity contribution < 1.29 is 38.0 Å². The maximum Gasteiger partial charge on any atom is 0.303 e. The van der Waals surface area contributed by atoms with Gasteiger partial charge in [-0.1, -0.05) is 60.7 Å². The second kappa shape index (κ2) is 12.4. The summed E-state index contributed by atoms with van der Waals surface area (Å²) in [6, 6.07) is 18.9. The molecule has 2 aliphatic rings. The van der Waals surface area contributed by atoms with Gasteiger partial charge in [-0.15, -0.1) is 22.7 Å². The second-order valence-corrected chi connectivity index (χ2v) is 11.6. The number of carbonyl (C=O) groups is 2. The van der Waals surface area contributed by atoms with Gasteiger partial charge in [0.2, 0.25) is 5.60 Å². The molecule has 7 atom stereocenters. The van der Waals surface area contributed by atoms with E-state index in [1.165, 1.54) is 36.5 Å². The fourth-order valence-corrected chi connectivity index (χ4v) is 6.72. The van der Waals surface area contributed by atoms with Crippen molar-refractivity contribution in [1.29, 1.82) is 0 Å². The van der Waals surface area contributed by atoms with E-state index >= 15 is 0 Å². The highest BCUT2D eigenvalue weighted by Crippen LogP contribution is 2.49. The minimum Gasteiger partial charge on any atom is -0.452 e. The van der Waals surface area contributed by atoms with Crippen LogP contribution in [0.3, 0.4) is 0 Å². The lowest BCUT2D eigenvalue weighted by molar-refractivity contribution is -0.322. The zero-order valence-corrected chi connectivity index (χ0v) is 24.4. The van der Waals surface area contributed by atoms with Crippen LogP contribution in [-0.4, -0.2) is 46.8 Å². The smallest absolute Gasteiger partial charge is 0.303 e. The van der Waals surface area contributed by atoms with Gasteiger partial charge < -0.3 is 28.4 Å². The number of nitrogens with zero attached hydrogens (tertiary/aromatic N) is 2. The van der Waals surface area contributed by atoms with Gasteiger partial charge in [-0.3, -0.25) is 9.59 Å². The molecule has 0 amide bonds. The summed E-state index contributed by atoms with van der Waals surface area (Å²) in [5, 5.41) is 4.57. The third-order valence-corrected chi connectivity index (χ3v) is 8.68. The summed E-state index contributed by atoms with van der Waals surface area (Å²) in [5.41, 5.74) is 0.0292. The van der Waals surface area contributed by atoms with Crippen LogP contribution in [0.15, 0.2) is 83.8 Å². The average molecular weight is 609 g/mol. The lowest BCUT2D eigenvalue weighted by Crippen LogP contribution is -2.60. The molecule has 4 heterocycles. The summed E-state index contributed by atoms with van der Waals surface area (Å²) < 4.78 is 38.0. The van der Waals surface area contributed by atoms with E-state index in [1.54, 1.807) is 23.2 Å². The molecule has 2 unspecified atom stereocenters. The molecule has 4 aromatic rings. The largest absolute Gasteiger partial charge is 0.452 e. The zero-order chi connectivity index (χ0) is 29.1. The Morgan fingerprint density at radius 3 is 2.12 bits per heavy atom. The predicted molar refractivity (Wildman–Crippen MR) is 151 cm³/mol. The molecule has 0 bridgehead atoms. The van der Waals surface area contributed by atoms with E-state index < -0.39 is 54.5 Å². The van der Waals surface area contributed by atoms with Gasteiger partial charge >= 0.3 is 11.9 Å². The van der Waals surface area contributed by atoms with Crippen LogP contribution in [0.2, 0.25) is 0 Å². The highest BCUT2D eigenvalue weighted by molar-refractivity contribution is 7.09. The van der Waals surface area contributed by atoms with E-state index in [4.69, 9.17) is 28.4 Å². The topological polar surface area (TPSA) is 115 Å². The van der Waals surface area contributed by atoms with Gasteiger partial charge in [0.05, 0.1) is 6.61 Å². The fourth-order valence-electron chi connectivity index (χ4n) is 5.23. The van der Waals surface area contributed by atoms with E-state index in [0.717, 1.165) is 11.1 Å². The Morgan fingerprint density at radius 1 is 0.857 bits per heavy atom. The van der Waals surface area contributed by atoms with Gasteiger partial charge in [0, 0.05) is 48.1 Å². The molecule has 0 radical (unpaired) electrons. The van der Waals surface area contributed by atoms with Crippen molar-refractivity contribution in [2.45, 2.75) is 56.4 Å². The van der Waals surface area contributed by atoms with E-state index in [-0.39, 0.29) is 6.61 Å². The monoisotopic (exact) mass is 608 g/mol. The second-order valence-electron chi connectivity index (χ2n) is 9.78. The first kappa shape index (κ1) is 28.6. The first-order valence-electron chi connectivity index (χ1n) is 13.3. The Morgan fingerprint density at radius 2 is 1.52 bits per heavy atom. The molecule has 42 heavy (non-hydrogen) atoms. The Kier molecular flexibility index (Phi) is 8.43. The quantitative estimate of drug-likeness (QED) is 0.245. The normalized spacial score (nSPS) is 28.2. The van der Waals surface area contributed by atoms with Crippen molar-refractivity contribution >= 4 is 34.6 Å². The first-order valence-corrected chi connectivity index (χ1v) is 15.0. The van der Waals surface area contributed by atoms with Crippen LogP contribution in [-0.2, 0) is 43.6 Å². The Labute approximate surface area is 250 Å². The van der Waals surface area contributed by atoms with Crippen molar-refractivity contribution in [3.05, 3.63) is 105 Å². The number of ether oxygens (including phenoxy) is 6. The molecule has 2 aliphatic heterocycles. The molecule has 0 aliphatic carbocycles. The molecule has 218 valence electrons. The standard InChI is InChI=1S/C30H28N2O8S2/c1-18(33)36-24(26-31-13-15-41-26)22-23(38-28(37-22)21-11-7-4-8-12-21)25-30(40-19(2)34,29-32-14-16-42-29)17-35-27(39-25)20-9-5-3-6-10-20/h3-16,22-25,27-28H,17H2,1-2H3/t22-,23?,24?,25+,27-,28+,30-/m1/s1. The molecular formula is C30H28N2O8S2. The SMILES string of the molecule is CC(=O)OC(c1nccs1)[C@@H]1O[C@H](c2ccccc2)OC1[C@@H]1O[C@H](c2ccccc2)OC[C@]1(OC(C)=O)c1nccs1. The Hall–Kier alpha value is -3.52. The maximum absolute atomic E-state index is 12.7. The van der Waals surface area contributed by atoms with E-state index in [1.807, 2.05) is 60.7 Å². The zero-order valence-electron chi connectivity index (χ0n) is 22.7. The molecule has 10 nitrogen and oxygen atoms in total. The third-order valence-electron chi connectivity index (χ3n) is 6.91. The van der Waals surface area contributed by atoms with Crippen molar-refractivity contribution in [1.82, 2.24) is 9.97 Å². The predicted octanol–water partition coefficient (Wildman–Crippen LogP) is 5.26. The molecule has 6 rings (SSSR count). The molecule has 2 fully saturated rings. The van der Waals surface area contributed by atoms with Crippen LogP contribution in [0.4, 0.5) is 0 Å². The molecule has 2 aromatic carbocycles. The Bertz CT molecular complexity index is 1470. The third kappa shape index (κ3) is 5.74. The highest BCUT2D eigenvalue weighted by atomic mass is 32.1. The van der Waals surface area contributed by atoms with Crippen molar-refractivity contribution in [2.75, 3.05) is 6.61 Å². The van der Waals surface area contributed by atoms with Crippen LogP contribution in [0.5, 0.6) is 0 Å². The van der Waals surface area contributed by atoms with Gasteiger partial charge in [-0.05, 0) is 0 Å². The minimum atomic E-state index is -1.49. The fraction of sp³-hybridized carbons (Fsp3) is 0.333. The summed E-state index contributed by atoms with van der Waals surface area (Å²) in [6.45, 7) is 2.58. The maximum atomic E-state index is 12.7. The number of benzene rings is 2. The lowest BCUT2D eigenvalue weighted by Gasteiger charge is -2.46. The van der Waals surface area contributed by atoms with Gasteiger partial charge in [0.15, 0.2) is 18.7 Å². The van der Waals surface area contributed by atoms with Crippen LogP contribution in [0.1, 0.15) is 53.7 Å². The van der Waals surface area contributed by atoms with Gasteiger partial charge in [0.25, 0.3) is 0 Å². The molecule has 2 saturated heterocycles. The van der Waals surface area contributed by atoms with Gasteiger partial charge in [-0.2, -0.15) is 0 Å². The summed E-state index contributed by atoms with van der Waals surface area (Å²) in [5.74, 6) is -1.06. The lowest BCUT2D eigenvalue weighted by atomic mass is 9.87. The molecule has 0 spiro atoms. The summed E-state index contributed by atoms with van der Waals surface area (Å²) >= 11 is 2.63. The number of aromatic nitrogens is 2. The number of carbonyl (C=O) groups excluding carboxylic acids is 2. The molecule has 0 saturated carbocycles. The number of esters is 2. The minimum absolute atomic E-state index is 0.0671. The van der Waals surface area contributed by atoms with Crippen molar-refractivity contribution in [3.8, 4) is 0 Å². The van der Waals surface area contributed by atoms with E-state index in [0.29, 0.717) is 10.0 Å². The van der Waals surface area contributed by atoms with Gasteiger partial charge in [-0.25, -0.2) is 9.97 Å². The summed E-state index contributed by atoms with van der Waals surface area (Å²) in [4.78, 5) is 34.0. The van der Waals surface area contributed by atoms with Crippen molar-refractivity contribution in [3.63, 3.8) is 0 Å². The first-order chi connectivity index (χ1) is 20.4. The highest BCUT2D eigenvalue weighted by Gasteiger charge is 2.61. The van der Waals surface area contributed by atoms with Crippen LogP contribution in [0.25, 0.3) is 0 Å². The van der Waals surface area contributed by atoms with Crippen molar-refractivity contribution in [2.24, 2.45) is 0 Å². The Balaban J connectivity index is 1.48. The van der Waals surface area contributed by atoms with Crippen LogP contribution in [0, 0.1) is 0 Å². The number of thiazole rings is 2. The molecular weight excluding hydrogens is 580 g/mol. The molecule has 0 N–H and O–H groups in total. The summed E-state index contributed by atoms with van der Waals surface area (Å²) in [7, 11) is 0. The van der Waals surface area contributed by atoms with Crippen LogP contribution >= 0.6 is 22.7 Å². The molecule has 2 aromatic heterocycles. The average Bonchev–Trinajstić information content (AvgIpc) is 3.79. The van der Waals surface area contributed by atoms with Crippen LogP contribution < -0.4 is 0 Å². The molecule has 12 heteroatoms. The number of hydrogen-bond acceptors (Lipinski definition) is 12. The van der Waals surface area contributed by atoms with Gasteiger partial charge in [0.1, 0.15) is 28.3 Å². The van der Waals surface area contributed by atoms with E-state index in [2.05, 4.69) is 9.97 Å². The number of hydrogen-bond donors (Lipinski definition) is 0. The summed E-state index contributed by atoms with van der Waals surface area (Å²) in [6.07, 6.45) is -2.16. The number of rotatable bonds is 8. The van der Waals surface area contributed by atoms with E-state index in [9.17, 15) is 9.59 Å².